The van der Waals surface area contributed by atoms with E-state index in [0.717, 1.165) is 9.95 Å². The molecule has 0 bridgehead atoms. The fourth-order valence-corrected chi connectivity index (χ4v) is 2.71. The lowest BCUT2D eigenvalue weighted by atomic mass is 10.2. The molecule has 3 heterocycles. The van der Waals surface area contributed by atoms with Gasteiger partial charge in [0.25, 0.3) is 11.5 Å². The van der Waals surface area contributed by atoms with Crippen LogP contribution in [0.4, 0.5) is 0 Å². The van der Waals surface area contributed by atoms with Gasteiger partial charge >= 0.3 is 5.97 Å². The van der Waals surface area contributed by atoms with Crippen molar-refractivity contribution in [1.29, 1.82) is 0 Å². The average Bonchev–Trinajstić information content (AvgIpc) is 3.35. The molecular weight excluding hydrogens is 366 g/mol. The molecule has 0 atom stereocenters. The Hall–Kier alpha value is -3.88. The van der Waals surface area contributed by atoms with Crippen LogP contribution in [-0.4, -0.2) is 28.0 Å². The SMILES string of the molecule is O=C(COC(=O)Cn1cnc2c(oc3ccccc32)c1=O)NCc1ccco1. The zero-order valence-corrected chi connectivity index (χ0v) is 14.6. The first kappa shape index (κ1) is 17.5. The van der Waals surface area contributed by atoms with E-state index in [2.05, 4.69) is 10.3 Å². The largest absolute Gasteiger partial charge is 0.467 e. The van der Waals surface area contributed by atoms with Crippen LogP contribution < -0.4 is 10.9 Å². The molecule has 28 heavy (non-hydrogen) atoms. The highest BCUT2D eigenvalue weighted by Crippen LogP contribution is 2.23. The molecule has 0 aliphatic rings. The first-order valence-electron chi connectivity index (χ1n) is 8.43. The average molecular weight is 381 g/mol. The molecular formula is C19H15N3O6. The Morgan fingerprint density at radius 2 is 2.04 bits per heavy atom. The Kier molecular flexibility index (Phi) is 4.63. The summed E-state index contributed by atoms with van der Waals surface area (Å²) in [5.74, 6) is -0.646. The van der Waals surface area contributed by atoms with Crippen LogP contribution in [0.2, 0.25) is 0 Å². The van der Waals surface area contributed by atoms with Crippen molar-refractivity contribution >= 4 is 33.9 Å². The third kappa shape index (κ3) is 3.50. The maximum Gasteiger partial charge on any atom is 0.326 e. The van der Waals surface area contributed by atoms with Crippen molar-refractivity contribution in [2.75, 3.05) is 6.61 Å². The number of esters is 1. The summed E-state index contributed by atoms with van der Waals surface area (Å²) in [6.45, 7) is -0.658. The van der Waals surface area contributed by atoms with Crippen LogP contribution in [0, 0.1) is 0 Å². The van der Waals surface area contributed by atoms with Crippen molar-refractivity contribution in [1.82, 2.24) is 14.9 Å². The van der Waals surface area contributed by atoms with E-state index in [9.17, 15) is 14.4 Å². The fraction of sp³-hybridized carbons (Fsp3) is 0.158. The monoisotopic (exact) mass is 381 g/mol. The third-order valence-corrected chi connectivity index (χ3v) is 4.05. The van der Waals surface area contributed by atoms with Crippen molar-refractivity contribution in [3.8, 4) is 0 Å². The van der Waals surface area contributed by atoms with Gasteiger partial charge in [-0.2, -0.15) is 0 Å². The van der Waals surface area contributed by atoms with E-state index in [0.29, 0.717) is 16.9 Å². The highest BCUT2D eigenvalue weighted by molar-refractivity contribution is 6.01. The Morgan fingerprint density at radius 3 is 2.86 bits per heavy atom. The van der Waals surface area contributed by atoms with Gasteiger partial charge in [0.05, 0.1) is 19.1 Å². The van der Waals surface area contributed by atoms with Crippen LogP contribution in [0.3, 0.4) is 0 Å². The summed E-state index contributed by atoms with van der Waals surface area (Å²) < 4.78 is 16.6. The molecule has 0 spiro atoms. The van der Waals surface area contributed by atoms with Gasteiger partial charge in [-0.15, -0.1) is 0 Å². The van der Waals surface area contributed by atoms with E-state index in [1.54, 1.807) is 30.3 Å². The Bertz CT molecular complexity index is 1210. The molecule has 0 unspecified atom stereocenters. The number of furan rings is 2. The van der Waals surface area contributed by atoms with Gasteiger partial charge in [0.2, 0.25) is 5.58 Å². The van der Waals surface area contributed by atoms with Gasteiger partial charge in [0, 0.05) is 5.39 Å². The first-order chi connectivity index (χ1) is 13.6. The van der Waals surface area contributed by atoms with Crippen molar-refractivity contribution < 1.29 is 23.2 Å². The molecule has 0 aliphatic heterocycles. The van der Waals surface area contributed by atoms with Crippen molar-refractivity contribution in [3.05, 3.63) is 65.1 Å². The minimum absolute atomic E-state index is 0.0627. The van der Waals surface area contributed by atoms with Gasteiger partial charge in [0.1, 0.15) is 23.4 Å². The van der Waals surface area contributed by atoms with E-state index >= 15 is 0 Å². The standard InChI is InChI=1S/C19H15N3O6/c23-15(20-8-12-4-3-7-26-12)10-27-16(24)9-22-11-21-17-13-5-1-2-6-14(13)28-18(17)19(22)25/h1-7,11H,8-10H2,(H,20,23). The number of fused-ring (bicyclic) bond motifs is 3. The summed E-state index contributed by atoms with van der Waals surface area (Å²) in [5, 5.41) is 3.27. The molecule has 1 amide bonds. The molecule has 3 aromatic heterocycles. The quantitative estimate of drug-likeness (QED) is 0.504. The lowest BCUT2D eigenvalue weighted by molar-refractivity contribution is -0.149. The summed E-state index contributed by atoms with van der Waals surface area (Å²) in [6.07, 6.45) is 2.75. The molecule has 4 aromatic rings. The van der Waals surface area contributed by atoms with E-state index in [1.807, 2.05) is 6.07 Å². The lowest BCUT2D eigenvalue weighted by Gasteiger charge is -2.07. The van der Waals surface area contributed by atoms with Crippen LogP contribution in [0.15, 0.2) is 62.6 Å². The zero-order chi connectivity index (χ0) is 19.5. The molecule has 0 saturated carbocycles. The number of carbonyl (C=O) groups is 2. The van der Waals surface area contributed by atoms with E-state index in [1.165, 1.54) is 12.6 Å². The lowest BCUT2D eigenvalue weighted by Crippen LogP contribution is -2.30. The number of hydrogen-bond acceptors (Lipinski definition) is 7. The molecule has 0 saturated heterocycles. The number of nitrogens with one attached hydrogen (secondary N) is 1. The molecule has 9 nitrogen and oxygen atoms in total. The molecule has 9 heteroatoms. The maximum atomic E-state index is 12.5. The number of benzene rings is 1. The van der Waals surface area contributed by atoms with Crippen LogP contribution >= 0.6 is 0 Å². The Morgan fingerprint density at radius 1 is 1.18 bits per heavy atom. The van der Waals surface area contributed by atoms with E-state index in [4.69, 9.17) is 13.6 Å². The highest BCUT2D eigenvalue weighted by atomic mass is 16.5. The van der Waals surface area contributed by atoms with Gasteiger partial charge in [-0.1, -0.05) is 12.1 Å². The van der Waals surface area contributed by atoms with Crippen LogP contribution in [0.5, 0.6) is 0 Å². The molecule has 0 fully saturated rings. The van der Waals surface area contributed by atoms with Crippen LogP contribution in [0.25, 0.3) is 22.1 Å². The van der Waals surface area contributed by atoms with Gasteiger partial charge in [-0.25, -0.2) is 4.98 Å². The van der Waals surface area contributed by atoms with E-state index < -0.39 is 24.0 Å². The summed E-state index contributed by atoms with van der Waals surface area (Å²) >= 11 is 0. The van der Waals surface area contributed by atoms with Crippen molar-refractivity contribution in [2.24, 2.45) is 0 Å². The first-order valence-corrected chi connectivity index (χ1v) is 8.43. The number of para-hydroxylation sites is 1. The molecule has 142 valence electrons. The third-order valence-electron chi connectivity index (χ3n) is 4.05. The van der Waals surface area contributed by atoms with Crippen LogP contribution in [0.1, 0.15) is 5.76 Å². The Balaban J connectivity index is 1.39. The maximum absolute atomic E-state index is 12.5. The normalized spacial score (nSPS) is 11.0. The second-order valence-corrected chi connectivity index (χ2v) is 5.97. The predicted molar refractivity (Wildman–Crippen MR) is 97.3 cm³/mol. The number of aromatic nitrogens is 2. The molecule has 1 aromatic carbocycles. The number of hydrogen-bond donors (Lipinski definition) is 1. The second kappa shape index (κ2) is 7.39. The van der Waals surface area contributed by atoms with Gasteiger partial charge in [-0.3, -0.25) is 19.0 Å². The topological polar surface area (TPSA) is 117 Å². The zero-order valence-electron chi connectivity index (χ0n) is 14.6. The number of carbonyl (C=O) groups excluding carboxylic acids is 2. The summed E-state index contributed by atoms with van der Waals surface area (Å²) in [7, 11) is 0. The van der Waals surface area contributed by atoms with Crippen LogP contribution in [-0.2, 0) is 27.4 Å². The minimum atomic E-state index is -0.743. The minimum Gasteiger partial charge on any atom is -0.467 e. The number of rotatable bonds is 6. The summed E-state index contributed by atoms with van der Waals surface area (Å²) in [6, 6.07) is 10.5. The highest BCUT2D eigenvalue weighted by Gasteiger charge is 2.15. The predicted octanol–water partition coefficient (Wildman–Crippen LogP) is 1.60. The number of nitrogens with zero attached hydrogens (tertiary/aromatic N) is 2. The smallest absolute Gasteiger partial charge is 0.326 e. The van der Waals surface area contributed by atoms with Gasteiger partial charge in [0.15, 0.2) is 6.61 Å². The van der Waals surface area contributed by atoms with Crippen molar-refractivity contribution in [3.63, 3.8) is 0 Å². The molecule has 0 radical (unpaired) electrons. The molecule has 0 aliphatic carbocycles. The van der Waals surface area contributed by atoms with Gasteiger partial charge < -0.3 is 18.9 Å². The van der Waals surface area contributed by atoms with Crippen molar-refractivity contribution in [2.45, 2.75) is 13.1 Å². The number of amides is 1. The molecule has 1 N–H and O–H groups in total. The summed E-state index contributed by atoms with van der Waals surface area (Å²) in [5.41, 5.74) is 0.534. The number of ether oxygens (including phenoxy) is 1. The van der Waals surface area contributed by atoms with Gasteiger partial charge in [-0.05, 0) is 24.3 Å². The second-order valence-electron chi connectivity index (χ2n) is 5.97. The molecule has 4 rings (SSSR count). The summed E-state index contributed by atoms with van der Waals surface area (Å²) in [4.78, 5) is 40.4. The van der Waals surface area contributed by atoms with E-state index in [-0.39, 0.29) is 18.7 Å². The fourth-order valence-electron chi connectivity index (χ4n) is 2.71. The Labute approximate surface area is 157 Å².